The van der Waals surface area contributed by atoms with Gasteiger partial charge in [-0.05, 0) is 68.7 Å². The van der Waals surface area contributed by atoms with E-state index in [0.717, 1.165) is 50.9 Å². The molecule has 1 atom stereocenters. The normalized spacial score (nSPS) is 13.5. The molecule has 0 spiro atoms. The Kier molecular flexibility index (Phi) is 7.33. The summed E-state index contributed by atoms with van der Waals surface area (Å²) in [5.74, 6) is 0.962. The molecule has 0 heterocycles. The van der Waals surface area contributed by atoms with E-state index in [0.29, 0.717) is 0 Å². The van der Waals surface area contributed by atoms with Crippen molar-refractivity contribution in [2.24, 2.45) is 5.73 Å². The highest BCUT2D eigenvalue weighted by atomic mass is 16.5. The number of ether oxygens (including phenoxy) is 1. The average Bonchev–Trinajstić information content (AvgIpc) is 2.62. The molecule has 130 valence electrons. The third-order valence-electron chi connectivity index (χ3n) is 4.69. The van der Waals surface area contributed by atoms with Gasteiger partial charge in [-0.2, -0.15) is 0 Å². The molecule has 2 rings (SSSR count). The first kappa shape index (κ1) is 18.5. The molecule has 2 aromatic rings. The van der Waals surface area contributed by atoms with Crippen LogP contribution in [0.2, 0.25) is 0 Å². The molecule has 0 fully saturated rings. The summed E-state index contributed by atoms with van der Waals surface area (Å²) in [6, 6.07) is 19.1. The van der Waals surface area contributed by atoms with Crippen LogP contribution in [0.4, 0.5) is 0 Å². The average molecular weight is 325 g/mol. The molecule has 0 amide bonds. The van der Waals surface area contributed by atoms with Gasteiger partial charge in [-0.1, -0.05) is 49.4 Å². The molecule has 0 radical (unpaired) electrons. The molecule has 2 heteroatoms. The van der Waals surface area contributed by atoms with Gasteiger partial charge in [-0.3, -0.25) is 0 Å². The highest BCUT2D eigenvalue weighted by Gasteiger charge is 2.14. The summed E-state index contributed by atoms with van der Waals surface area (Å²) >= 11 is 0. The molecule has 24 heavy (non-hydrogen) atoms. The van der Waals surface area contributed by atoms with E-state index in [1.165, 1.54) is 11.1 Å². The molecule has 0 unspecified atom stereocenters. The van der Waals surface area contributed by atoms with Crippen molar-refractivity contribution in [3.8, 4) is 5.75 Å². The molecule has 0 aromatic heterocycles. The van der Waals surface area contributed by atoms with E-state index >= 15 is 0 Å². The second-order valence-corrected chi connectivity index (χ2v) is 6.94. The van der Waals surface area contributed by atoms with Crippen LogP contribution < -0.4 is 10.5 Å². The Morgan fingerprint density at radius 3 is 2.21 bits per heavy atom. The second-order valence-electron chi connectivity index (χ2n) is 6.94. The summed E-state index contributed by atoms with van der Waals surface area (Å²) in [6.07, 6.45) is 6.42. The van der Waals surface area contributed by atoms with Gasteiger partial charge in [-0.15, -0.1) is 0 Å². The highest BCUT2D eigenvalue weighted by molar-refractivity contribution is 5.27. The third kappa shape index (κ3) is 6.76. The van der Waals surface area contributed by atoms with Gasteiger partial charge in [0.25, 0.3) is 0 Å². The number of hydrogen-bond donors (Lipinski definition) is 1. The molecule has 2 nitrogen and oxygen atoms in total. The van der Waals surface area contributed by atoms with E-state index in [-0.39, 0.29) is 5.54 Å². The minimum Gasteiger partial charge on any atom is -0.494 e. The van der Waals surface area contributed by atoms with Crippen LogP contribution in [0.3, 0.4) is 0 Å². The largest absolute Gasteiger partial charge is 0.494 e. The summed E-state index contributed by atoms with van der Waals surface area (Å²) < 4.78 is 5.84. The molecule has 0 aliphatic rings. The zero-order valence-electron chi connectivity index (χ0n) is 15.1. The number of nitrogens with two attached hydrogens (primary N) is 1. The molecule has 0 aliphatic heterocycles. The quantitative estimate of drug-likeness (QED) is 0.613. The first-order valence-corrected chi connectivity index (χ1v) is 9.13. The van der Waals surface area contributed by atoms with Gasteiger partial charge in [0, 0.05) is 5.54 Å². The first-order chi connectivity index (χ1) is 11.6. The Bertz CT molecular complexity index is 575. The summed E-state index contributed by atoms with van der Waals surface area (Å²) in [5.41, 5.74) is 8.88. The predicted molar refractivity (Wildman–Crippen MR) is 103 cm³/mol. The molecule has 2 aromatic carbocycles. The fourth-order valence-electron chi connectivity index (χ4n) is 2.62. The summed E-state index contributed by atoms with van der Waals surface area (Å²) in [5, 5.41) is 0. The lowest BCUT2D eigenvalue weighted by Crippen LogP contribution is -2.35. The Labute approximate surface area is 147 Å². The van der Waals surface area contributed by atoms with E-state index in [9.17, 15) is 0 Å². The van der Waals surface area contributed by atoms with Gasteiger partial charge >= 0.3 is 0 Å². The van der Waals surface area contributed by atoms with Crippen molar-refractivity contribution < 1.29 is 4.74 Å². The van der Waals surface area contributed by atoms with E-state index in [4.69, 9.17) is 10.5 Å². The van der Waals surface area contributed by atoms with Gasteiger partial charge in [-0.25, -0.2) is 0 Å². The number of aryl methyl sites for hydroxylation is 2. The van der Waals surface area contributed by atoms with Crippen molar-refractivity contribution in [3.63, 3.8) is 0 Å². The van der Waals surface area contributed by atoms with Gasteiger partial charge in [0.1, 0.15) is 5.75 Å². The van der Waals surface area contributed by atoms with E-state index < -0.39 is 0 Å². The van der Waals surface area contributed by atoms with Crippen LogP contribution in [0.5, 0.6) is 5.75 Å². The van der Waals surface area contributed by atoms with Crippen LogP contribution >= 0.6 is 0 Å². The van der Waals surface area contributed by atoms with Gasteiger partial charge in [0.2, 0.25) is 0 Å². The predicted octanol–water partition coefficient (Wildman–Crippen LogP) is 5.15. The van der Waals surface area contributed by atoms with Gasteiger partial charge < -0.3 is 10.5 Å². The Balaban J connectivity index is 1.65. The first-order valence-electron chi connectivity index (χ1n) is 9.13. The minimum atomic E-state index is -0.0616. The lowest BCUT2D eigenvalue weighted by molar-refractivity contribution is 0.307. The monoisotopic (exact) mass is 325 g/mol. The van der Waals surface area contributed by atoms with Gasteiger partial charge in [0.05, 0.1) is 6.61 Å². The van der Waals surface area contributed by atoms with Crippen LogP contribution in [0, 0.1) is 0 Å². The van der Waals surface area contributed by atoms with Crippen molar-refractivity contribution in [1.82, 2.24) is 0 Å². The number of unbranched alkanes of at least 4 members (excludes halogenated alkanes) is 1. The second kappa shape index (κ2) is 9.48. The maximum absolute atomic E-state index is 6.21. The zero-order valence-corrected chi connectivity index (χ0v) is 15.1. The Hall–Kier alpha value is -1.80. The lowest BCUT2D eigenvalue weighted by atomic mass is 9.92. The molecule has 0 bridgehead atoms. The summed E-state index contributed by atoms with van der Waals surface area (Å²) in [4.78, 5) is 0. The van der Waals surface area contributed by atoms with E-state index in [1.807, 2.05) is 0 Å². The van der Waals surface area contributed by atoms with Crippen molar-refractivity contribution in [3.05, 3.63) is 65.7 Å². The number of rotatable bonds is 10. The fourth-order valence-corrected chi connectivity index (χ4v) is 2.62. The molecule has 0 saturated carbocycles. The zero-order chi connectivity index (χ0) is 17.3. The summed E-state index contributed by atoms with van der Waals surface area (Å²) in [6.45, 7) is 5.05. The van der Waals surface area contributed by atoms with Crippen molar-refractivity contribution >= 4 is 0 Å². The lowest BCUT2D eigenvalue weighted by Gasteiger charge is -2.22. The Morgan fingerprint density at radius 2 is 1.54 bits per heavy atom. The Morgan fingerprint density at radius 1 is 0.875 bits per heavy atom. The van der Waals surface area contributed by atoms with Crippen molar-refractivity contribution in [2.45, 2.75) is 57.9 Å². The molecule has 0 saturated heterocycles. The SMILES string of the molecule is CC[C@](C)(N)CCc1ccc(OCCCCc2ccccc2)cc1. The van der Waals surface area contributed by atoms with Gasteiger partial charge in [0.15, 0.2) is 0 Å². The number of hydrogen-bond acceptors (Lipinski definition) is 2. The third-order valence-corrected chi connectivity index (χ3v) is 4.69. The number of benzene rings is 2. The topological polar surface area (TPSA) is 35.2 Å². The highest BCUT2D eigenvalue weighted by Crippen LogP contribution is 2.18. The molecule has 0 aliphatic carbocycles. The van der Waals surface area contributed by atoms with Crippen LogP contribution in [0.1, 0.15) is 50.7 Å². The smallest absolute Gasteiger partial charge is 0.119 e. The molecule has 2 N–H and O–H groups in total. The van der Waals surface area contributed by atoms with E-state index in [1.54, 1.807) is 0 Å². The molecular weight excluding hydrogens is 294 g/mol. The summed E-state index contributed by atoms with van der Waals surface area (Å²) in [7, 11) is 0. The fraction of sp³-hybridized carbons (Fsp3) is 0.455. The minimum absolute atomic E-state index is 0.0616. The van der Waals surface area contributed by atoms with Crippen LogP contribution in [-0.4, -0.2) is 12.1 Å². The van der Waals surface area contributed by atoms with Crippen LogP contribution in [0.25, 0.3) is 0 Å². The molecular formula is C22H31NO. The van der Waals surface area contributed by atoms with Crippen LogP contribution in [0.15, 0.2) is 54.6 Å². The van der Waals surface area contributed by atoms with Crippen LogP contribution in [-0.2, 0) is 12.8 Å². The van der Waals surface area contributed by atoms with E-state index in [2.05, 4.69) is 68.4 Å². The standard InChI is InChI=1S/C22H31NO/c1-3-22(2,23)17-16-20-12-14-21(15-13-20)24-18-8-7-11-19-9-5-4-6-10-19/h4-6,9-10,12-15H,3,7-8,11,16-18,23H2,1-2H3/t22-/m0/s1. The van der Waals surface area contributed by atoms with Crippen molar-refractivity contribution in [2.75, 3.05) is 6.61 Å². The maximum Gasteiger partial charge on any atom is 0.119 e. The maximum atomic E-state index is 6.21. The van der Waals surface area contributed by atoms with Crippen molar-refractivity contribution in [1.29, 1.82) is 0 Å².